The highest BCUT2D eigenvalue weighted by atomic mass is 32.1. The Morgan fingerprint density at radius 1 is 1.28 bits per heavy atom. The van der Waals surface area contributed by atoms with Gasteiger partial charge in [0, 0.05) is 29.1 Å². The number of nitrogens with zero attached hydrogens (tertiary/aromatic N) is 2. The Kier molecular flexibility index (Phi) is 4.31. The minimum atomic E-state index is 0.819. The number of rotatable bonds is 5. The third-order valence-corrected chi connectivity index (χ3v) is 3.77. The molecule has 2 heterocycles. The van der Waals surface area contributed by atoms with Gasteiger partial charge in [0.1, 0.15) is 11.6 Å². The second kappa shape index (κ2) is 5.96. The smallest absolute Gasteiger partial charge is 0.136 e. The molecule has 0 atom stereocenters. The molecule has 0 saturated carbocycles. The summed E-state index contributed by atoms with van der Waals surface area (Å²) in [6, 6.07) is 4.19. The first-order chi connectivity index (χ1) is 8.70. The first kappa shape index (κ1) is 13.0. The van der Waals surface area contributed by atoms with Gasteiger partial charge in [0.2, 0.25) is 0 Å². The van der Waals surface area contributed by atoms with E-state index in [-0.39, 0.29) is 0 Å². The molecule has 2 rings (SSSR count). The Hall–Kier alpha value is -1.42. The van der Waals surface area contributed by atoms with E-state index in [4.69, 9.17) is 0 Å². The highest BCUT2D eigenvalue weighted by Crippen LogP contribution is 2.18. The van der Waals surface area contributed by atoms with E-state index in [0.717, 1.165) is 42.3 Å². The van der Waals surface area contributed by atoms with E-state index in [2.05, 4.69) is 46.6 Å². The molecule has 18 heavy (non-hydrogen) atoms. The van der Waals surface area contributed by atoms with Gasteiger partial charge in [0.05, 0.1) is 0 Å². The molecular weight excluding hydrogens is 242 g/mol. The summed E-state index contributed by atoms with van der Waals surface area (Å²) in [7, 11) is 0. The van der Waals surface area contributed by atoms with E-state index >= 15 is 0 Å². The van der Waals surface area contributed by atoms with E-state index in [0.29, 0.717) is 0 Å². The SMILES string of the molecule is CCCNc1nc(Cc2cccs2)nc(C)c1C. The molecule has 0 radical (unpaired) electrons. The topological polar surface area (TPSA) is 37.8 Å². The van der Waals surface area contributed by atoms with E-state index in [1.807, 2.05) is 6.92 Å². The molecular formula is C14H19N3S. The number of hydrogen-bond acceptors (Lipinski definition) is 4. The number of aromatic nitrogens is 2. The van der Waals surface area contributed by atoms with Gasteiger partial charge in [-0.1, -0.05) is 13.0 Å². The first-order valence-electron chi connectivity index (χ1n) is 6.31. The average molecular weight is 261 g/mol. The molecule has 0 saturated heterocycles. The number of thiophene rings is 1. The largest absolute Gasteiger partial charge is 0.370 e. The molecule has 0 spiro atoms. The zero-order valence-corrected chi connectivity index (χ0v) is 12.0. The lowest BCUT2D eigenvalue weighted by Crippen LogP contribution is -2.09. The zero-order valence-electron chi connectivity index (χ0n) is 11.2. The fraction of sp³-hybridized carbons (Fsp3) is 0.429. The second-order valence-corrected chi connectivity index (χ2v) is 5.41. The first-order valence-corrected chi connectivity index (χ1v) is 7.19. The van der Waals surface area contributed by atoms with Crippen LogP contribution in [0, 0.1) is 13.8 Å². The van der Waals surface area contributed by atoms with Crippen LogP contribution in [0.3, 0.4) is 0 Å². The van der Waals surface area contributed by atoms with Crippen molar-refractivity contribution in [2.45, 2.75) is 33.6 Å². The van der Waals surface area contributed by atoms with Crippen LogP contribution >= 0.6 is 11.3 Å². The van der Waals surface area contributed by atoms with Gasteiger partial charge < -0.3 is 5.32 Å². The third kappa shape index (κ3) is 3.07. The number of anilines is 1. The minimum Gasteiger partial charge on any atom is -0.370 e. The van der Waals surface area contributed by atoms with E-state index in [1.165, 1.54) is 4.88 Å². The van der Waals surface area contributed by atoms with Crippen LogP contribution in [0.1, 0.15) is 35.3 Å². The Balaban J connectivity index is 2.23. The fourth-order valence-corrected chi connectivity index (χ4v) is 2.45. The van der Waals surface area contributed by atoms with Crippen molar-refractivity contribution in [3.05, 3.63) is 39.5 Å². The van der Waals surface area contributed by atoms with E-state index < -0.39 is 0 Å². The normalized spacial score (nSPS) is 10.6. The van der Waals surface area contributed by atoms with Crippen molar-refractivity contribution in [2.75, 3.05) is 11.9 Å². The van der Waals surface area contributed by atoms with Crippen molar-refractivity contribution in [3.63, 3.8) is 0 Å². The van der Waals surface area contributed by atoms with E-state index in [9.17, 15) is 0 Å². The van der Waals surface area contributed by atoms with Gasteiger partial charge in [-0.15, -0.1) is 11.3 Å². The monoisotopic (exact) mass is 261 g/mol. The van der Waals surface area contributed by atoms with Gasteiger partial charge in [-0.25, -0.2) is 9.97 Å². The Morgan fingerprint density at radius 2 is 2.11 bits per heavy atom. The maximum absolute atomic E-state index is 4.63. The van der Waals surface area contributed by atoms with Gasteiger partial charge >= 0.3 is 0 Å². The molecule has 3 nitrogen and oxygen atoms in total. The molecule has 2 aromatic heterocycles. The fourth-order valence-electron chi connectivity index (χ4n) is 1.75. The summed E-state index contributed by atoms with van der Waals surface area (Å²) in [5, 5.41) is 5.47. The van der Waals surface area contributed by atoms with Crippen molar-refractivity contribution in [2.24, 2.45) is 0 Å². The minimum absolute atomic E-state index is 0.819. The maximum atomic E-state index is 4.63. The van der Waals surface area contributed by atoms with Crippen LogP contribution in [0.4, 0.5) is 5.82 Å². The lowest BCUT2D eigenvalue weighted by Gasteiger charge is -2.11. The van der Waals surface area contributed by atoms with Gasteiger partial charge in [0.15, 0.2) is 0 Å². The molecule has 0 bridgehead atoms. The maximum Gasteiger partial charge on any atom is 0.136 e. The summed E-state index contributed by atoms with van der Waals surface area (Å²) in [5.41, 5.74) is 2.22. The molecule has 0 aromatic carbocycles. The standard InChI is InChI=1S/C14H19N3S/c1-4-7-15-14-10(2)11(3)16-13(17-14)9-12-6-5-8-18-12/h5-6,8H,4,7,9H2,1-3H3,(H,15,16,17). The van der Waals surface area contributed by atoms with Crippen LogP contribution in [-0.4, -0.2) is 16.5 Å². The van der Waals surface area contributed by atoms with Crippen LogP contribution in [0.25, 0.3) is 0 Å². The quantitative estimate of drug-likeness (QED) is 0.894. The molecule has 2 aromatic rings. The highest BCUT2D eigenvalue weighted by molar-refractivity contribution is 7.09. The van der Waals surface area contributed by atoms with Gasteiger partial charge in [0.25, 0.3) is 0 Å². The van der Waals surface area contributed by atoms with E-state index in [1.54, 1.807) is 11.3 Å². The van der Waals surface area contributed by atoms with Crippen molar-refractivity contribution >= 4 is 17.2 Å². The predicted octanol–water partition coefficient (Wildman–Crippen LogP) is 3.57. The Morgan fingerprint density at radius 3 is 2.78 bits per heavy atom. The summed E-state index contributed by atoms with van der Waals surface area (Å²) >= 11 is 1.75. The van der Waals surface area contributed by atoms with Crippen molar-refractivity contribution in [1.82, 2.24) is 9.97 Å². The summed E-state index contributed by atoms with van der Waals surface area (Å²) in [6.07, 6.45) is 1.92. The van der Waals surface area contributed by atoms with Crippen LogP contribution in [0.15, 0.2) is 17.5 Å². The van der Waals surface area contributed by atoms with Crippen LogP contribution < -0.4 is 5.32 Å². The Bertz CT molecular complexity index is 506. The number of aryl methyl sites for hydroxylation is 1. The third-order valence-electron chi connectivity index (χ3n) is 2.89. The van der Waals surface area contributed by atoms with Crippen LogP contribution in [0.5, 0.6) is 0 Å². The summed E-state index contributed by atoms with van der Waals surface area (Å²) in [5.74, 6) is 1.88. The molecule has 0 aliphatic carbocycles. The lowest BCUT2D eigenvalue weighted by atomic mass is 10.2. The molecule has 4 heteroatoms. The molecule has 0 fully saturated rings. The Labute approximate surface area is 112 Å². The number of nitrogens with one attached hydrogen (secondary N) is 1. The van der Waals surface area contributed by atoms with Crippen molar-refractivity contribution < 1.29 is 0 Å². The molecule has 96 valence electrons. The summed E-state index contributed by atoms with van der Waals surface area (Å²) < 4.78 is 0. The van der Waals surface area contributed by atoms with Crippen LogP contribution in [0.2, 0.25) is 0 Å². The molecule has 0 aliphatic rings. The molecule has 0 unspecified atom stereocenters. The van der Waals surface area contributed by atoms with Crippen LogP contribution in [-0.2, 0) is 6.42 Å². The molecule has 1 N–H and O–H groups in total. The second-order valence-electron chi connectivity index (χ2n) is 4.38. The van der Waals surface area contributed by atoms with Gasteiger partial charge in [-0.05, 0) is 31.7 Å². The highest BCUT2D eigenvalue weighted by Gasteiger charge is 2.08. The van der Waals surface area contributed by atoms with Gasteiger partial charge in [-0.3, -0.25) is 0 Å². The van der Waals surface area contributed by atoms with Crippen molar-refractivity contribution in [1.29, 1.82) is 0 Å². The predicted molar refractivity (Wildman–Crippen MR) is 77.4 cm³/mol. The average Bonchev–Trinajstić information content (AvgIpc) is 2.84. The molecule has 0 amide bonds. The summed E-state index contributed by atoms with van der Waals surface area (Å²) in [4.78, 5) is 10.5. The van der Waals surface area contributed by atoms with Gasteiger partial charge in [-0.2, -0.15) is 0 Å². The lowest BCUT2D eigenvalue weighted by molar-refractivity contribution is 0.909. The zero-order chi connectivity index (χ0) is 13.0. The van der Waals surface area contributed by atoms with Crippen molar-refractivity contribution in [3.8, 4) is 0 Å². The molecule has 0 aliphatic heterocycles. The number of hydrogen-bond donors (Lipinski definition) is 1. The summed E-state index contributed by atoms with van der Waals surface area (Å²) in [6.45, 7) is 7.23.